The molecule has 110 valence electrons. The summed E-state index contributed by atoms with van der Waals surface area (Å²) in [5.41, 5.74) is 3.17. The van der Waals surface area contributed by atoms with E-state index in [2.05, 4.69) is 21.2 Å². The number of halogens is 2. The molecule has 0 unspecified atom stereocenters. The largest absolute Gasteiger partial charge is 0.326 e. The van der Waals surface area contributed by atoms with Crippen molar-refractivity contribution in [2.24, 2.45) is 0 Å². The van der Waals surface area contributed by atoms with Crippen molar-refractivity contribution in [2.45, 2.75) is 26.2 Å². The molecule has 0 fully saturated rings. The van der Waals surface area contributed by atoms with Gasteiger partial charge in [0.2, 0.25) is 5.91 Å². The number of benzene rings is 2. The lowest BCUT2D eigenvalue weighted by Gasteiger charge is -2.07. The molecule has 4 heteroatoms. The van der Waals surface area contributed by atoms with Crippen LogP contribution in [0, 0.1) is 6.92 Å². The molecule has 0 saturated heterocycles. The molecule has 0 saturated carbocycles. The Hall–Kier alpha value is -1.32. The number of carbonyl (C=O) groups excluding carboxylic acids is 1. The molecule has 2 aromatic carbocycles. The molecule has 0 radical (unpaired) electrons. The van der Waals surface area contributed by atoms with Gasteiger partial charge >= 0.3 is 0 Å². The Balaban J connectivity index is 1.79. The van der Waals surface area contributed by atoms with Gasteiger partial charge in [0.25, 0.3) is 0 Å². The summed E-state index contributed by atoms with van der Waals surface area (Å²) in [6.07, 6.45) is 2.21. The van der Waals surface area contributed by atoms with Gasteiger partial charge < -0.3 is 5.32 Å². The maximum atomic E-state index is 11.9. The summed E-state index contributed by atoms with van der Waals surface area (Å²) in [5, 5.41) is 3.65. The van der Waals surface area contributed by atoms with E-state index < -0.39 is 0 Å². The van der Waals surface area contributed by atoms with E-state index in [1.54, 1.807) is 0 Å². The second kappa shape index (κ2) is 7.62. The normalized spacial score (nSPS) is 10.4. The number of amides is 1. The first kappa shape index (κ1) is 16.1. The van der Waals surface area contributed by atoms with Crippen molar-refractivity contribution in [1.82, 2.24) is 0 Å². The fraction of sp³-hybridized carbons (Fsp3) is 0.235. The highest BCUT2D eigenvalue weighted by Gasteiger charge is 2.04. The number of anilines is 1. The van der Waals surface area contributed by atoms with Crippen molar-refractivity contribution in [2.75, 3.05) is 5.32 Å². The highest BCUT2D eigenvalue weighted by molar-refractivity contribution is 9.10. The zero-order valence-electron chi connectivity index (χ0n) is 11.8. The third kappa shape index (κ3) is 5.18. The van der Waals surface area contributed by atoms with Gasteiger partial charge in [0, 0.05) is 21.6 Å². The summed E-state index contributed by atoms with van der Waals surface area (Å²) in [4.78, 5) is 11.9. The Bertz CT molecular complexity index is 625. The van der Waals surface area contributed by atoms with Gasteiger partial charge in [-0.05, 0) is 55.2 Å². The highest BCUT2D eigenvalue weighted by atomic mass is 79.9. The highest BCUT2D eigenvalue weighted by Crippen LogP contribution is 2.21. The standard InChI is InChI=1S/C17H17BrClNO/c1-12-5-10-15(11-16(12)18)20-17(21)4-2-3-13-6-8-14(19)9-7-13/h5-11H,2-4H2,1H3,(H,20,21). The minimum absolute atomic E-state index is 0.0414. The van der Waals surface area contributed by atoms with Crippen LogP contribution in [0.4, 0.5) is 5.69 Å². The average molecular weight is 367 g/mol. The van der Waals surface area contributed by atoms with Gasteiger partial charge in [-0.3, -0.25) is 4.79 Å². The summed E-state index contributed by atoms with van der Waals surface area (Å²) in [6.45, 7) is 2.02. The van der Waals surface area contributed by atoms with Gasteiger partial charge in [-0.2, -0.15) is 0 Å². The number of carbonyl (C=O) groups is 1. The maximum absolute atomic E-state index is 11.9. The summed E-state index contributed by atoms with van der Waals surface area (Å²) in [6, 6.07) is 13.6. The van der Waals surface area contributed by atoms with Crippen LogP contribution in [-0.2, 0) is 11.2 Å². The zero-order chi connectivity index (χ0) is 15.2. The van der Waals surface area contributed by atoms with Crippen molar-refractivity contribution in [3.05, 3.63) is 63.1 Å². The van der Waals surface area contributed by atoms with E-state index in [0.29, 0.717) is 6.42 Å². The monoisotopic (exact) mass is 365 g/mol. The van der Waals surface area contributed by atoms with E-state index in [-0.39, 0.29) is 5.91 Å². The number of aryl methyl sites for hydroxylation is 2. The zero-order valence-corrected chi connectivity index (χ0v) is 14.2. The second-order valence-electron chi connectivity index (χ2n) is 4.99. The van der Waals surface area contributed by atoms with Crippen LogP contribution in [0.5, 0.6) is 0 Å². The van der Waals surface area contributed by atoms with E-state index >= 15 is 0 Å². The number of hydrogen-bond acceptors (Lipinski definition) is 1. The predicted molar refractivity (Wildman–Crippen MR) is 91.9 cm³/mol. The van der Waals surface area contributed by atoms with Crippen LogP contribution in [0.15, 0.2) is 46.9 Å². The van der Waals surface area contributed by atoms with E-state index in [9.17, 15) is 4.79 Å². The number of rotatable bonds is 5. The van der Waals surface area contributed by atoms with Crippen LogP contribution in [0.2, 0.25) is 5.02 Å². The molecule has 1 N–H and O–H groups in total. The van der Waals surface area contributed by atoms with Crippen LogP contribution >= 0.6 is 27.5 Å². The fourth-order valence-electron chi connectivity index (χ4n) is 2.00. The summed E-state index contributed by atoms with van der Waals surface area (Å²) < 4.78 is 1.00. The first-order chi connectivity index (χ1) is 10.0. The quantitative estimate of drug-likeness (QED) is 0.757. The van der Waals surface area contributed by atoms with Crippen molar-refractivity contribution in [3.8, 4) is 0 Å². The smallest absolute Gasteiger partial charge is 0.224 e. The van der Waals surface area contributed by atoms with E-state index in [4.69, 9.17) is 11.6 Å². The van der Waals surface area contributed by atoms with Gasteiger partial charge in [-0.15, -0.1) is 0 Å². The third-order valence-electron chi connectivity index (χ3n) is 3.24. The Morgan fingerprint density at radius 2 is 1.90 bits per heavy atom. The molecule has 2 rings (SSSR count). The van der Waals surface area contributed by atoms with Crippen LogP contribution in [0.3, 0.4) is 0 Å². The molecule has 0 bridgehead atoms. The summed E-state index contributed by atoms with van der Waals surface area (Å²) in [7, 11) is 0. The van der Waals surface area contributed by atoms with Crippen LogP contribution in [0.1, 0.15) is 24.0 Å². The molecule has 0 aliphatic carbocycles. The van der Waals surface area contributed by atoms with Crippen molar-refractivity contribution in [3.63, 3.8) is 0 Å². The summed E-state index contributed by atoms with van der Waals surface area (Å²) in [5.74, 6) is 0.0414. The van der Waals surface area contributed by atoms with Gasteiger partial charge in [0.05, 0.1) is 0 Å². The Kier molecular flexibility index (Phi) is 5.83. The second-order valence-corrected chi connectivity index (χ2v) is 6.28. The Morgan fingerprint density at radius 3 is 2.57 bits per heavy atom. The third-order valence-corrected chi connectivity index (χ3v) is 4.34. The van der Waals surface area contributed by atoms with E-state index in [1.807, 2.05) is 49.4 Å². The Morgan fingerprint density at radius 1 is 1.19 bits per heavy atom. The average Bonchev–Trinajstić information content (AvgIpc) is 2.45. The summed E-state index contributed by atoms with van der Waals surface area (Å²) >= 11 is 9.31. The molecular formula is C17H17BrClNO. The first-order valence-corrected chi connectivity index (χ1v) is 8.02. The SMILES string of the molecule is Cc1ccc(NC(=O)CCCc2ccc(Cl)cc2)cc1Br. The maximum Gasteiger partial charge on any atom is 0.224 e. The molecule has 1 amide bonds. The van der Waals surface area contributed by atoms with Crippen LogP contribution in [-0.4, -0.2) is 5.91 Å². The molecule has 0 heterocycles. The molecule has 0 aliphatic rings. The van der Waals surface area contributed by atoms with Crippen LogP contribution in [0.25, 0.3) is 0 Å². The lowest BCUT2D eigenvalue weighted by atomic mass is 10.1. The van der Waals surface area contributed by atoms with Gasteiger partial charge in [-0.1, -0.05) is 45.7 Å². The van der Waals surface area contributed by atoms with Gasteiger partial charge in [0.15, 0.2) is 0 Å². The van der Waals surface area contributed by atoms with E-state index in [0.717, 1.165) is 33.6 Å². The lowest BCUT2D eigenvalue weighted by Crippen LogP contribution is -2.11. The number of nitrogens with one attached hydrogen (secondary N) is 1. The molecule has 0 atom stereocenters. The topological polar surface area (TPSA) is 29.1 Å². The molecule has 0 spiro atoms. The van der Waals surface area contributed by atoms with Gasteiger partial charge in [0.1, 0.15) is 0 Å². The van der Waals surface area contributed by atoms with Gasteiger partial charge in [-0.25, -0.2) is 0 Å². The molecule has 2 aromatic rings. The predicted octanol–water partition coefficient (Wildman–Crippen LogP) is 5.37. The van der Waals surface area contributed by atoms with Crippen molar-refractivity contribution in [1.29, 1.82) is 0 Å². The molecule has 0 aliphatic heterocycles. The fourth-order valence-corrected chi connectivity index (χ4v) is 2.50. The lowest BCUT2D eigenvalue weighted by molar-refractivity contribution is -0.116. The molecule has 0 aromatic heterocycles. The van der Waals surface area contributed by atoms with E-state index in [1.165, 1.54) is 5.56 Å². The van der Waals surface area contributed by atoms with Crippen molar-refractivity contribution < 1.29 is 4.79 Å². The molecule has 2 nitrogen and oxygen atoms in total. The minimum atomic E-state index is 0.0414. The Labute approximate surface area is 138 Å². The van der Waals surface area contributed by atoms with Crippen molar-refractivity contribution >= 4 is 39.1 Å². The molecular weight excluding hydrogens is 350 g/mol. The number of hydrogen-bond donors (Lipinski definition) is 1. The molecule has 21 heavy (non-hydrogen) atoms. The minimum Gasteiger partial charge on any atom is -0.326 e. The first-order valence-electron chi connectivity index (χ1n) is 6.85. The van der Waals surface area contributed by atoms with Crippen LogP contribution < -0.4 is 5.32 Å².